The summed E-state index contributed by atoms with van der Waals surface area (Å²) in [5, 5.41) is 0.759. The second-order valence-corrected chi connectivity index (χ2v) is 7.22. The number of hydrogen-bond donors (Lipinski definition) is 1. The fourth-order valence-corrected chi connectivity index (χ4v) is 3.72. The maximum atomic E-state index is 6.41. The highest BCUT2D eigenvalue weighted by Crippen LogP contribution is 2.35. The van der Waals surface area contributed by atoms with Crippen LogP contribution in [0, 0.1) is 0 Å². The van der Waals surface area contributed by atoms with Gasteiger partial charge < -0.3 is 5.73 Å². The molecule has 0 aliphatic heterocycles. The summed E-state index contributed by atoms with van der Waals surface area (Å²) in [6, 6.07) is 14.7. The third kappa shape index (κ3) is 3.64. The molecule has 0 bridgehead atoms. The van der Waals surface area contributed by atoms with Gasteiger partial charge in [-0.3, -0.25) is 0 Å². The van der Waals surface area contributed by atoms with Crippen LogP contribution in [0.15, 0.2) is 60.2 Å². The minimum absolute atomic E-state index is 0.759. The lowest BCUT2D eigenvalue weighted by Gasteiger charge is -2.12. The van der Waals surface area contributed by atoms with E-state index in [0.29, 0.717) is 0 Å². The molecule has 0 spiro atoms. The largest absolute Gasteiger partial charge is 0.398 e. The first-order valence-electron chi connectivity index (χ1n) is 9.29. The molecule has 2 aromatic carbocycles. The summed E-state index contributed by atoms with van der Waals surface area (Å²) in [5.41, 5.74) is 16.0. The second-order valence-electron chi connectivity index (χ2n) is 6.78. The summed E-state index contributed by atoms with van der Waals surface area (Å²) in [5.74, 6) is 0. The SMILES string of the molecule is CC/C=C\C(=C(/C)c1cccc(Cl)c1)c1ccc2c(c1)C(N)=C(CC)C2. The average molecular weight is 364 g/mol. The van der Waals surface area contributed by atoms with E-state index in [9.17, 15) is 0 Å². The van der Waals surface area contributed by atoms with Crippen LogP contribution in [0.3, 0.4) is 0 Å². The molecule has 0 atom stereocenters. The number of rotatable bonds is 5. The summed E-state index contributed by atoms with van der Waals surface area (Å²) in [4.78, 5) is 0. The minimum Gasteiger partial charge on any atom is -0.398 e. The lowest BCUT2D eigenvalue weighted by atomic mass is 9.93. The maximum Gasteiger partial charge on any atom is 0.0412 e. The fourth-order valence-electron chi connectivity index (χ4n) is 3.53. The van der Waals surface area contributed by atoms with E-state index < -0.39 is 0 Å². The zero-order chi connectivity index (χ0) is 18.7. The van der Waals surface area contributed by atoms with Crippen molar-refractivity contribution in [1.29, 1.82) is 0 Å². The zero-order valence-corrected chi connectivity index (χ0v) is 16.5. The maximum absolute atomic E-state index is 6.41. The smallest absolute Gasteiger partial charge is 0.0412 e. The zero-order valence-electron chi connectivity index (χ0n) is 15.8. The lowest BCUT2D eigenvalue weighted by Crippen LogP contribution is -1.97. The Kier molecular flexibility index (Phi) is 5.68. The van der Waals surface area contributed by atoms with E-state index in [0.717, 1.165) is 35.5 Å². The normalized spacial score (nSPS) is 14.8. The van der Waals surface area contributed by atoms with E-state index in [2.05, 4.69) is 57.2 Å². The Morgan fingerprint density at radius 1 is 1.12 bits per heavy atom. The van der Waals surface area contributed by atoms with Gasteiger partial charge in [-0.25, -0.2) is 0 Å². The number of benzene rings is 2. The van der Waals surface area contributed by atoms with Crippen LogP contribution in [0.25, 0.3) is 16.8 Å². The van der Waals surface area contributed by atoms with Gasteiger partial charge >= 0.3 is 0 Å². The molecule has 0 radical (unpaired) electrons. The van der Waals surface area contributed by atoms with Crippen molar-refractivity contribution >= 4 is 28.4 Å². The van der Waals surface area contributed by atoms with Gasteiger partial charge in [-0.05, 0) is 77.8 Å². The van der Waals surface area contributed by atoms with E-state index in [1.54, 1.807) is 0 Å². The minimum atomic E-state index is 0.759. The highest BCUT2D eigenvalue weighted by Gasteiger charge is 2.19. The molecule has 0 saturated heterocycles. The number of fused-ring (bicyclic) bond motifs is 1. The summed E-state index contributed by atoms with van der Waals surface area (Å²) >= 11 is 6.21. The molecule has 0 unspecified atom stereocenters. The van der Waals surface area contributed by atoms with E-state index in [1.165, 1.54) is 33.4 Å². The Labute approximate surface area is 161 Å². The molecule has 0 fully saturated rings. The molecule has 0 amide bonds. The van der Waals surface area contributed by atoms with Gasteiger partial charge in [0.2, 0.25) is 0 Å². The number of allylic oxidation sites excluding steroid dienone is 5. The predicted molar refractivity (Wildman–Crippen MR) is 115 cm³/mol. The van der Waals surface area contributed by atoms with Crippen molar-refractivity contribution in [3.8, 4) is 0 Å². The fraction of sp³-hybridized carbons (Fsp3) is 0.250. The molecule has 2 heteroatoms. The third-order valence-corrected chi connectivity index (χ3v) is 5.34. The van der Waals surface area contributed by atoms with Gasteiger partial charge in [-0.15, -0.1) is 0 Å². The lowest BCUT2D eigenvalue weighted by molar-refractivity contribution is 1.03. The van der Waals surface area contributed by atoms with Gasteiger partial charge in [0.25, 0.3) is 0 Å². The first kappa shape index (κ1) is 18.5. The monoisotopic (exact) mass is 363 g/mol. The van der Waals surface area contributed by atoms with Crippen molar-refractivity contribution in [3.05, 3.63) is 87.5 Å². The van der Waals surface area contributed by atoms with Crippen molar-refractivity contribution in [3.63, 3.8) is 0 Å². The van der Waals surface area contributed by atoms with Gasteiger partial charge in [0.1, 0.15) is 0 Å². The summed E-state index contributed by atoms with van der Waals surface area (Å²) in [6.45, 7) is 6.48. The third-order valence-electron chi connectivity index (χ3n) is 5.10. The molecular weight excluding hydrogens is 338 g/mol. The molecule has 0 aromatic heterocycles. The Morgan fingerprint density at radius 2 is 1.92 bits per heavy atom. The van der Waals surface area contributed by atoms with Crippen LogP contribution in [0.4, 0.5) is 0 Å². The predicted octanol–water partition coefficient (Wildman–Crippen LogP) is 6.87. The van der Waals surface area contributed by atoms with Crippen LogP contribution >= 0.6 is 11.6 Å². The topological polar surface area (TPSA) is 26.0 Å². The van der Waals surface area contributed by atoms with Gasteiger partial charge in [-0.2, -0.15) is 0 Å². The van der Waals surface area contributed by atoms with Crippen LogP contribution in [0.1, 0.15) is 55.9 Å². The van der Waals surface area contributed by atoms with Crippen molar-refractivity contribution in [2.75, 3.05) is 0 Å². The Balaban J connectivity index is 2.13. The van der Waals surface area contributed by atoms with E-state index in [-0.39, 0.29) is 0 Å². The summed E-state index contributed by atoms with van der Waals surface area (Å²) < 4.78 is 0. The van der Waals surface area contributed by atoms with Crippen LogP contribution in [-0.4, -0.2) is 0 Å². The Hall–Kier alpha value is -2.25. The Morgan fingerprint density at radius 3 is 2.62 bits per heavy atom. The molecule has 3 rings (SSSR count). The number of halogens is 1. The number of nitrogens with two attached hydrogens (primary N) is 1. The molecule has 1 nitrogen and oxygen atoms in total. The molecule has 0 saturated carbocycles. The molecule has 0 heterocycles. The molecule has 1 aliphatic carbocycles. The van der Waals surface area contributed by atoms with E-state index in [1.807, 2.05) is 18.2 Å². The Bertz CT molecular complexity index is 916. The quantitative estimate of drug-likeness (QED) is 0.455. The molecule has 2 N–H and O–H groups in total. The van der Waals surface area contributed by atoms with Crippen LogP contribution < -0.4 is 5.73 Å². The number of hydrogen-bond acceptors (Lipinski definition) is 1. The van der Waals surface area contributed by atoms with Crippen molar-refractivity contribution in [2.45, 2.75) is 40.0 Å². The first-order chi connectivity index (χ1) is 12.5. The van der Waals surface area contributed by atoms with Gasteiger partial charge in [0.05, 0.1) is 0 Å². The molecule has 26 heavy (non-hydrogen) atoms. The van der Waals surface area contributed by atoms with Crippen molar-refractivity contribution < 1.29 is 0 Å². The van der Waals surface area contributed by atoms with Crippen LogP contribution in [0.2, 0.25) is 5.02 Å². The standard InChI is InChI=1S/C24H26ClN/c1-4-6-10-22(16(3)18-8-7-9-21(25)14-18)20-12-11-19-13-17(5-2)24(26)23(19)15-20/h6-12,14-15H,4-5,13,26H2,1-3H3/b10-6-,22-16-. The molecule has 1 aliphatic rings. The van der Waals surface area contributed by atoms with Crippen LogP contribution in [0.5, 0.6) is 0 Å². The van der Waals surface area contributed by atoms with E-state index in [4.69, 9.17) is 17.3 Å². The van der Waals surface area contributed by atoms with Crippen LogP contribution in [-0.2, 0) is 6.42 Å². The second kappa shape index (κ2) is 7.97. The highest BCUT2D eigenvalue weighted by molar-refractivity contribution is 6.30. The van der Waals surface area contributed by atoms with Gasteiger partial charge in [0.15, 0.2) is 0 Å². The van der Waals surface area contributed by atoms with Crippen molar-refractivity contribution in [1.82, 2.24) is 0 Å². The highest BCUT2D eigenvalue weighted by atomic mass is 35.5. The average Bonchev–Trinajstić information content (AvgIpc) is 2.97. The van der Waals surface area contributed by atoms with Gasteiger partial charge in [0, 0.05) is 16.3 Å². The first-order valence-corrected chi connectivity index (χ1v) is 9.67. The summed E-state index contributed by atoms with van der Waals surface area (Å²) in [7, 11) is 0. The molecule has 134 valence electrons. The molecular formula is C24H26ClN. The molecule has 2 aromatic rings. The van der Waals surface area contributed by atoms with Crippen molar-refractivity contribution in [2.24, 2.45) is 5.73 Å². The van der Waals surface area contributed by atoms with Gasteiger partial charge in [-0.1, -0.05) is 61.9 Å². The van der Waals surface area contributed by atoms with E-state index >= 15 is 0 Å². The summed E-state index contributed by atoms with van der Waals surface area (Å²) in [6.07, 6.45) is 7.41.